The van der Waals surface area contributed by atoms with E-state index in [9.17, 15) is 40.9 Å². The Morgan fingerprint density at radius 2 is 1.08 bits per heavy atom. The number of aliphatic hydroxyl groups is 4. The molecule has 0 saturated carbocycles. The van der Waals surface area contributed by atoms with E-state index < -0.39 is 57.2 Å². The molecule has 0 saturated heterocycles. The van der Waals surface area contributed by atoms with E-state index >= 15 is 0 Å². The Kier molecular flexibility index (Phi) is 20.3. The fraction of sp³-hybridized carbons (Fsp3) is 0.458. The standard InChI is InChI=1S/C24H36N12O12S2.2Na/c1-48-18-7-16(29-23-33-19(25-2-4-49(42,43)44)31-21(35-23)27-8-14(40)11-38)13(10-37)6-17(18)30-24-34-20(26-3-5-50(45,46)47)32-22(36-24)28-9-15(41)12-39;;/h6-7,10,14-15,38-41H,2-5,8-9,11-12H2,1H3,(H,42,43,44)(H,45,46,47)(H3,25,27,29,31,33,35)(H3,26,28,30,32,34,36);;/q;2*+1/p-2. The molecule has 2 unspecified atom stereocenters. The van der Waals surface area contributed by atoms with Crippen molar-refractivity contribution in [3.8, 4) is 5.75 Å². The topological polar surface area (TPSA) is 371 Å². The summed E-state index contributed by atoms with van der Waals surface area (Å²) in [6.07, 6.45) is -1.89. The van der Waals surface area contributed by atoms with Gasteiger partial charge in [-0.3, -0.25) is 4.79 Å². The average Bonchev–Trinajstić information content (AvgIpc) is 3.05. The number of carbonyl (C=O) groups excluding carboxylic acids is 1. The summed E-state index contributed by atoms with van der Waals surface area (Å²) < 4.78 is 71.6. The van der Waals surface area contributed by atoms with E-state index in [-0.39, 0.29) is 144 Å². The Balaban J connectivity index is 0.00000676. The Hall–Kier alpha value is -2.83. The molecule has 0 radical (unpaired) electrons. The first-order chi connectivity index (χ1) is 23.6. The van der Waals surface area contributed by atoms with Crippen LogP contribution in [0.3, 0.4) is 0 Å². The number of ether oxygens (including phenoxy) is 1. The summed E-state index contributed by atoms with van der Waals surface area (Å²) in [5.41, 5.74) is 0.238. The molecule has 3 rings (SSSR count). The van der Waals surface area contributed by atoms with Gasteiger partial charge < -0.3 is 66.2 Å². The number of benzene rings is 1. The van der Waals surface area contributed by atoms with Gasteiger partial charge in [-0.2, -0.15) is 29.9 Å². The van der Waals surface area contributed by atoms with Crippen molar-refractivity contribution in [2.45, 2.75) is 12.2 Å². The summed E-state index contributed by atoms with van der Waals surface area (Å²) in [4.78, 5) is 36.8. The molecule has 276 valence electrons. The van der Waals surface area contributed by atoms with Crippen molar-refractivity contribution >= 4 is 73.6 Å². The number of hydrogen-bond donors (Lipinski definition) is 10. The molecule has 0 amide bonds. The fourth-order valence-electron chi connectivity index (χ4n) is 3.61. The summed E-state index contributed by atoms with van der Waals surface area (Å²) in [6.45, 7) is -2.21. The second-order valence-electron chi connectivity index (χ2n) is 9.93. The third-order valence-corrected chi connectivity index (χ3v) is 7.35. The van der Waals surface area contributed by atoms with Gasteiger partial charge in [-0.25, -0.2) is 16.8 Å². The van der Waals surface area contributed by atoms with Crippen LogP contribution in [-0.2, 0) is 20.2 Å². The van der Waals surface area contributed by atoms with Gasteiger partial charge in [0.1, 0.15) is 5.75 Å². The number of hydrogen-bond acceptors (Lipinski definition) is 24. The molecule has 0 aliphatic heterocycles. The Morgan fingerprint density at radius 3 is 1.44 bits per heavy atom. The van der Waals surface area contributed by atoms with Gasteiger partial charge in [-0.1, -0.05) is 0 Å². The molecule has 0 aliphatic rings. The summed E-state index contributed by atoms with van der Waals surface area (Å²) in [5, 5.41) is 53.7. The Labute approximate surface area is 341 Å². The molecule has 2 heterocycles. The molecule has 24 nitrogen and oxygen atoms in total. The van der Waals surface area contributed by atoms with E-state index in [0.717, 1.165) is 0 Å². The Bertz CT molecular complexity index is 1830. The van der Waals surface area contributed by atoms with Crippen LogP contribution in [0.2, 0.25) is 0 Å². The largest absolute Gasteiger partial charge is 1.00 e. The number of aldehydes is 1. The third kappa shape index (κ3) is 16.9. The molecule has 52 heavy (non-hydrogen) atoms. The quantitative estimate of drug-likeness (QED) is 0.0256. The van der Waals surface area contributed by atoms with Gasteiger partial charge in [0.25, 0.3) is 0 Å². The summed E-state index contributed by atoms with van der Waals surface area (Å²) >= 11 is 0. The minimum absolute atomic E-state index is 0. The molecule has 1 aromatic carbocycles. The first-order valence-electron chi connectivity index (χ1n) is 14.2. The van der Waals surface area contributed by atoms with Crippen molar-refractivity contribution in [1.82, 2.24) is 29.9 Å². The van der Waals surface area contributed by atoms with Crippen LogP contribution in [-0.4, -0.2) is 153 Å². The predicted molar refractivity (Wildman–Crippen MR) is 174 cm³/mol. The first kappa shape index (κ1) is 47.2. The van der Waals surface area contributed by atoms with Crippen molar-refractivity contribution < 1.29 is 115 Å². The molecular formula is C24H34N12Na2O12S2. The predicted octanol–water partition coefficient (Wildman–Crippen LogP) is -9.18. The smallest absolute Gasteiger partial charge is 0.748 e. The molecule has 2 atom stereocenters. The fourth-order valence-corrected chi connectivity index (χ4v) is 4.32. The zero-order valence-electron chi connectivity index (χ0n) is 28.1. The van der Waals surface area contributed by atoms with E-state index in [2.05, 4.69) is 61.8 Å². The summed E-state index contributed by atoms with van der Waals surface area (Å²) in [6, 6.07) is 2.69. The SMILES string of the molecule is COc1cc(Nc2nc(NCCS(=O)(=O)[O-])nc(NCC(O)CO)n2)c(C=O)cc1Nc1nc(NCCS(=O)(=O)[O-])nc(NCC(O)CO)n1.[Na+].[Na+]. The van der Waals surface area contributed by atoms with Gasteiger partial charge >= 0.3 is 59.1 Å². The van der Waals surface area contributed by atoms with E-state index in [0.29, 0.717) is 6.29 Å². The minimum Gasteiger partial charge on any atom is -0.748 e. The van der Waals surface area contributed by atoms with E-state index in [1.807, 2.05) is 0 Å². The van der Waals surface area contributed by atoms with Crippen molar-refractivity contribution in [3.63, 3.8) is 0 Å². The van der Waals surface area contributed by atoms with Crippen LogP contribution in [0.5, 0.6) is 5.75 Å². The second kappa shape index (κ2) is 22.4. The molecule has 0 bridgehead atoms. The Morgan fingerprint density at radius 1 is 0.692 bits per heavy atom. The van der Waals surface area contributed by atoms with Gasteiger partial charge in [-0.05, 0) is 6.07 Å². The van der Waals surface area contributed by atoms with Gasteiger partial charge in [-0.15, -0.1) is 0 Å². The molecule has 3 aromatic rings. The zero-order valence-corrected chi connectivity index (χ0v) is 33.7. The zero-order chi connectivity index (χ0) is 36.9. The van der Waals surface area contributed by atoms with Gasteiger partial charge in [0.05, 0.1) is 75.6 Å². The van der Waals surface area contributed by atoms with Gasteiger partial charge in [0.15, 0.2) is 6.29 Å². The number of aliphatic hydroxyl groups excluding tert-OH is 4. The van der Waals surface area contributed by atoms with Crippen LogP contribution in [0.4, 0.5) is 47.1 Å². The number of aromatic nitrogens is 6. The maximum atomic E-state index is 12.2. The molecule has 28 heteroatoms. The normalized spacial score (nSPS) is 12.3. The monoisotopic (exact) mass is 792 g/mol. The summed E-state index contributed by atoms with van der Waals surface area (Å²) in [5.74, 6) is -2.43. The number of rotatable bonds is 22. The number of anilines is 8. The van der Waals surface area contributed by atoms with Crippen molar-refractivity contribution in [3.05, 3.63) is 17.7 Å². The molecule has 0 spiro atoms. The van der Waals surface area contributed by atoms with E-state index in [4.69, 9.17) is 14.9 Å². The molecule has 2 aromatic heterocycles. The second-order valence-corrected chi connectivity index (χ2v) is 13.0. The number of nitrogens with one attached hydrogen (secondary N) is 6. The van der Waals surface area contributed by atoms with Crippen LogP contribution in [0.25, 0.3) is 0 Å². The van der Waals surface area contributed by atoms with Crippen molar-refractivity contribution in [2.75, 3.05) is 89.9 Å². The maximum absolute atomic E-state index is 12.2. The van der Waals surface area contributed by atoms with Crippen LogP contribution < -0.4 is 95.8 Å². The van der Waals surface area contributed by atoms with Crippen molar-refractivity contribution in [2.24, 2.45) is 0 Å². The minimum atomic E-state index is -4.56. The maximum Gasteiger partial charge on any atom is 1.00 e. The third-order valence-electron chi connectivity index (χ3n) is 5.95. The van der Waals surface area contributed by atoms with E-state index in [1.165, 1.54) is 19.2 Å². The van der Waals surface area contributed by atoms with Gasteiger partial charge in [0, 0.05) is 37.8 Å². The number of methoxy groups -OCH3 is 1. The number of carbonyl (C=O) groups is 1. The van der Waals surface area contributed by atoms with Crippen LogP contribution in [0, 0.1) is 0 Å². The van der Waals surface area contributed by atoms with Crippen LogP contribution in [0.15, 0.2) is 12.1 Å². The van der Waals surface area contributed by atoms with Crippen molar-refractivity contribution in [1.29, 1.82) is 0 Å². The van der Waals surface area contributed by atoms with Crippen LogP contribution in [0.1, 0.15) is 10.4 Å². The van der Waals surface area contributed by atoms with Crippen LogP contribution >= 0.6 is 0 Å². The van der Waals surface area contributed by atoms with E-state index in [1.54, 1.807) is 0 Å². The molecule has 10 N–H and O–H groups in total. The number of nitrogens with zero attached hydrogens (tertiary/aromatic N) is 6. The average molecular weight is 793 g/mol. The first-order valence-corrected chi connectivity index (χ1v) is 17.4. The molecule has 0 fully saturated rings. The van der Waals surface area contributed by atoms with Gasteiger partial charge in [0.2, 0.25) is 35.7 Å². The molecular weight excluding hydrogens is 758 g/mol. The molecule has 0 aliphatic carbocycles. The summed E-state index contributed by atoms with van der Waals surface area (Å²) in [7, 11) is -7.81.